The van der Waals surface area contributed by atoms with E-state index in [0.29, 0.717) is 17.2 Å². The number of ether oxygens (including phenoxy) is 2. The molecular weight excluding hydrogens is 384 g/mol. The standard InChI is InChI=1S/C21H21ClO6/c1-2-12-3-5-13(6-4-12)9-14-10-15(7-8-16(14)22)27-21-20(26)19(25)18(24)17(11-23)28-21/h1,3-8,10,17-21,23-26H,9,11H2/t17-,18-,19+,20-,21-/m1/s1. The van der Waals surface area contributed by atoms with Crippen molar-refractivity contribution >= 4 is 11.6 Å². The van der Waals surface area contributed by atoms with E-state index in [9.17, 15) is 20.4 Å². The van der Waals surface area contributed by atoms with Crippen LogP contribution in [0.15, 0.2) is 42.5 Å². The molecule has 0 saturated carbocycles. The molecule has 0 aromatic heterocycles. The normalized spacial score (nSPS) is 27.2. The third-order valence-corrected chi connectivity index (χ3v) is 5.00. The number of terminal acetylenes is 1. The molecule has 2 aromatic carbocycles. The van der Waals surface area contributed by atoms with Crippen molar-refractivity contribution in [3.63, 3.8) is 0 Å². The van der Waals surface area contributed by atoms with Crippen molar-refractivity contribution in [2.24, 2.45) is 0 Å². The van der Waals surface area contributed by atoms with E-state index < -0.39 is 37.3 Å². The minimum absolute atomic E-state index is 0.365. The molecule has 0 radical (unpaired) electrons. The lowest BCUT2D eigenvalue weighted by Gasteiger charge is -2.39. The van der Waals surface area contributed by atoms with Gasteiger partial charge in [0.05, 0.1) is 6.61 Å². The summed E-state index contributed by atoms with van der Waals surface area (Å²) in [5.74, 6) is 2.93. The molecule has 2 aromatic rings. The molecule has 3 rings (SSSR count). The first-order valence-corrected chi connectivity index (χ1v) is 9.12. The topological polar surface area (TPSA) is 99.4 Å². The van der Waals surface area contributed by atoms with Crippen molar-refractivity contribution in [3.8, 4) is 18.1 Å². The van der Waals surface area contributed by atoms with Gasteiger partial charge in [-0.05, 0) is 47.9 Å². The minimum Gasteiger partial charge on any atom is -0.462 e. The number of hydrogen-bond donors (Lipinski definition) is 4. The summed E-state index contributed by atoms with van der Waals surface area (Å²) in [5.41, 5.74) is 2.58. The van der Waals surface area contributed by atoms with Crippen LogP contribution in [0.25, 0.3) is 0 Å². The SMILES string of the molecule is C#Cc1ccc(Cc2cc(O[C@@H]3O[C@H](CO)[C@@H](O)[C@H](O)[C@H]3O)ccc2Cl)cc1. The van der Waals surface area contributed by atoms with Crippen molar-refractivity contribution in [1.82, 2.24) is 0 Å². The van der Waals surface area contributed by atoms with E-state index in [0.717, 1.165) is 16.7 Å². The predicted octanol–water partition coefficient (Wildman–Crippen LogP) is 1.09. The van der Waals surface area contributed by atoms with Crippen LogP contribution in [0.3, 0.4) is 0 Å². The fourth-order valence-corrected chi connectivity index (χ4v) is 3.18. The Hall–Kier alpha value is -2.11. The Labute approximate surface area is 167 Å². The van der Waals surface area contributed by atoms with Crippen molar-refractivity contribution in [2.75, 3.05) is 6.61 Å². The van der Waals surface area contributed by atoms with Crippen LogP contribution in [0.2, 0.25) is 5.02 Å². The van der Waals surface area contributed by atoms with Gasteiger partial charge in [-0.2, -0.15) is 0 Å². The van der Waals surface area contributed by atoms with E-state index in [-0.39, 0.29) is 0 Å². The first-order valence-electron chi connectivity index (χ1n) is 8.74. The quantitative estimate of drug-likeness (QED) is 0.557. The van der Waals surface area contributed by atoms with Gasteiger partial charge in [-0.15, -0.1) is 6.42 Å². The first-order chi connectivity index (χ1) is 13.4. The molecule has 0 amide bonds. The van der Waals surface area contributed by atoms with Gasteiger partial charge in [0.15, 0.2) is 0 Å². The molecule has 5 atom stereocenters. The number of aliphatic hydroxyl groups is 4. The Morgan fingerprint density at radius 1 is 1.04 bits per heavy atom. The van der Waals surface area contributed by atoms with Crippen LogP contribution >= 0.6 is 11.6 Å². The van der Waals surface area contributed by atoms with Crippen LogP contribution < -0.4 is 4.74 Å². The highest BCUT2D eigenvalue weighted by Crippen LogP contribution is 2.28. The van der Waals surface area contributed by atoms with Gasteiger partial charge < -0.3 is 29.9 Å². The van der Waals surface area contributed by atoms with Gasteiger partial charge in [0, 0.05) is 10.6 Å². The Bertz CT molecular complexity index is 845. The summed E-state index contributed by atoms with van der Waals surface area (Å²) in [4.78, 5) is 0. The summed E-state index contributed by atoms with van der Waals surface area (Å²) < 4.78 is 11.0. The molecule has 1 aliphatic rings. The molecule has 0 aliphatic carbocycles. The number of halogens is 1. The molecule has 7 heteroatoms. The molecule has 4 N–H and O–H groups in total. The molecule has 6 nitrogen and oxygen atoms in total. The minimum atomic E-state index is -1.50. The second-order valence-electron chi connectivity index (χ2n) is 6.59. The van der Waals surface area contributed by atoms with Crippen molar-refractivity contribution < 1.29 is 29.9 Å². The highest BCUT2D eigenvalue weighted by atomic mass is 35.5. The molecule has 1 heterocycles. The molecular formula is C21H21ClO6. The highest BCUT2D eigenvalue weighted by molar-refractivity contribution is 6.31. The number of hydrogen-bond acceptors (Lipinski definition) is 6. The third-order valence-electron chi connectivity index (χ3n) is 4.63. The van der Waals surface area contributed by atoms with Crippen molar-refractivity contribution in [3.05, 3.63) is 64.2 Å². The van der Waals surface area contributed by atoms with Gasteiger partial charge in [-0.3, -0.25) is 0 Å². The van der Waals surface area contributed by atoms with E-state index in [1.165, 1.54) is 0 Å². The molecule has 0 bridgehead atoms. The zero-order valence-electron chi connectivity index (χ0n) is 14.9. The Morgan fingerprint density at radius 3 is 2.39 bits per heavy atom. The highest BCUT2D eigenvalue weighted by Gasteiger charge is 2.44. The Morgan fingerprint density at radius 2 is 1.75 bits per heavy atom. The van der Waals surface area contributed by atoms with Crippen LogP contribution in [-0.2, 0) is 11.2 Å². The van der Waals surface area contributed by atoms with Crippen molar-refractivity contribution in [1.29, 1.82) is 0 Å². The summed E-state index contributed by atoms with van der Waals surface area (Å²) in [6.45, 7) is -0.523. The second-order valence-corrected chi connectivity index (χ2v) is 6.99. The monoisotopic (exact) mass is 404 g/mol. The first kappa shape index (κ1) is 20.6. The zero-order valence-corrected chi connectivity index (χ0v) is 15.7. The number of rotatable bonds is 5. The van der Waals surface area contributed by atoms with E-state index in [1.807, 2.05) is 24.3 Å². The average Bonchev–Trinajstić information content (AvgIpc) is 2.71. The van der Waals surface area contributed by atoms with Gasteiger partial charge in [0.2, 0.25) is 6.29 Å². The van der Waals surface area contributed by atoms with Crippen LogP contribution in [0, 0.1) is 12.3 Å². The average molecular weight is 405 g/mol. The molecule has 28 heavy (non-hydrogen) atoms. The second kappa shape index (κ2) is 8.93. The van der Waals surface area contributed by atoms with Gasteiger partial charge >= 0.3 is 0 Å². The number of aliphatic hydroxyl groups excluding tert-OH is 4. The van der Waals surface area contributed by atoms with E-state index in [2.05, 4.69) is 5.92 Å². The van der Waals surface area contributed by atoms with Crippen LogP contribution in [0.4, 0.5) is 0 Å². The molecule has 0 spiro atoms. The summed E-state index contributed by atoms with van der Waals surface area (Å²) in [6, 6.07) is 12.5. The fourth-order valence-electron chi connectivity index (χ4n) is 3.00. The summed E-state index contributed by atoms with van der Waals surface area (Å²) >= 11 is 6.29. The van der Waals surface area contributed by atoms with Gasteiger partial charge in [0.25, 0.3) is 0 Å². The zero-order chi connectivity index (χ0) is 20.3. The third kappa shape index (κ3) is 4.47. The van der Waals surface area contributed by atoms with E-state index >= 15 is 0 Å². The van der Waals surface area contributed by atoms with Crippen molar-refractivity contribution in [2.45, 2.75) is 37.1 Å². The van der Waals surface area contributed by atoms with Crippen LogP contribution in [-0.4, -0.2) is 57.7 Å². The summed E-state index contributed by atoms with van der Waals surface area (Å²) in [5, 5.41) is 39.6. The lowest BCUT2D eigenvalue weighted by molar-refractivity contribution is -0.277. The maximum Gasteiger partial charge on any atom is 0.229 e. The maximum absolute atomic E-state index is 10.1. The van der Waals surface area contributed by atoms with Gasteiger partial charge in [-0.1, -0.05) is 29.7 Å². The van der Waals surface area contributed by atoms with Gasteiger partial charge in [-0.25, -0.2) is 0 Å². The fraction of sp³-hybridized carbons (Fsp3) is 0.333. The maximum atomic E-state index is 10.1. The van der Waals surface area contributed by atoms with Gasteiger partial charge in [0.1, 0.15) is 30.2 Å². The Balaban J connectivity index is 1.76. The molecule has 0 unspecified atom stereocenters. The van der Waals surface area contributed by atoms with Crippen LogP contribution in [0.1, 0.15) is 16.7 Å². The summed E-state index contributed by atoms with van der Waals surface area (Å²) in [7, 11) is 0. The van der Waals surface area contributed by atoms with Crippen LogP contribution in [0.5, 0.6) is 5.75 Å². The molecule has 1 fully saturated rings. The predicted molar refractivity (Wildman–Crippen MR) is 103 cm³/mol. The van der Waals surface area contributed by atoms with E-state index in [4.69, 9.17) is 27.5 Å². The van der Waals surface area contributed by atoms with E-state index in [1.54, 1.807) is 18.2 Å². The molecule has 148 valence electrons. The number of benzene rings is 2. The Kier molecular flexibility index (Phi) is 6.57. The molecule has 1 saturated heterocycles. The largest absolute Gasteiger partial charge is 0.462 e. The smallest absolute Gasteiger partial charge is 0.229 e. The lowest BCUT2D eigenvalue weighted by Crippen LogP contribution is -2.60. The lowest BCUT2D eigenvalue weighted by atomic mass is 9.99. The summed E-state index contributed by atoms with van der Waals surface area (Å²) in [6.07, 6.45) is -0.804. The molecule has 1 aliphatic heterocycles.